The molecule has 0 saturated heterocycles. The van der Waals surface area contributed by atoms with Crippen LogP contribution in [0.5, 0.6) is 0 Å². The van der Waals surface area contributed by atoms with Gasteiger partial charge in [0.15, 0.2) is 0 Å². The van der Waals surface area contributed by atoms with E-state index in [1.54, 1.807) is 0 Å². The fraction of sp³-hybridized carbons (Fsp3) is 0. The van der Waals surface area contributed by atoms with E-state index in [2.05, 4.69) is 0 Å². The molecule has 0 bridgehead atoms. The first-order valence-electron chi connectivity index (χ1n) is 0.775. The zero-order chi connectivity index (χ0) is 3.58. The van der Waals surface area contributed by atoms with Crippen molar-refractivity contribution in [3.63, 3.8) is 0 Å². The largest absolute Gasteiger partial charge is 0 e. The summed E-state index contributed by atoms with van der Waals surface area (Å²) in [7, 11) is -2.17. The van der Waals surface area contributed by atoms with Gasteiger partial charge in [0.05, 0.1) is 0 Å². The number of hydrogen-bond donors (Lipinski definition) is 3. The van der Waals surface area contributed by atoms with E-state index in [9.17, 15) is 0 Å². The Labute approximate surface area is 93.9 Å². The van der Waals surface area contributed by atoms with Gasteiger partial charge in [-0.2, -0.15) is 0 Å². The summed E-state index contributed by atoms with van der Waals surface area (Å²) in [5, 5.41) is 21.5. The molecule has 0 fully saturated rings. The molecule has 0 aromatic carbocycles. The SMILES string of the molecule is OB(O)O.[CaH2].[La]. The van der Waals surface area contributed by atoms with E-state index < -0.39 is 7.32 Å². The van der Waals surface area contributed by atoms with E-state index in [0.29, 0.717) is 0 Å². The van der Waals surface area contributed by atoms with Crippen LogP contribution in [0.4, 0.5) is 0 Å². The van der Waals surface area contributed by atoms with Gasteiger partial charge in [0.25, 0.3) is 0 Å². The summed E-state index contributed by atoms with van der Waals surface area (Å²) in [6.07, 6.45) is 0. The van der Waals surface area contributed by atoms with Gasteiger partial charge in [0.2, 0.25) is 0 Å². The molecule has 3 N–H and O–H groups in total. The van der Waals surface area contributed by atoms with Gasteiger partial charge in [-0.1, -0.05) is 0 Å². The molecule has 0 heterocycles. The molecule has 0 unspecified atom stereocenters. The van der Waals surface area contributed by atoms with Crippen molar-refractivity contribution < 1.29 is 50.7 Å². The van der Waals surface area contributed by atoms with Crippen LogP contribution < -0.4 is 0 Å². The molecule has 0 aliphatic heterocycles. The van der Waals surface area contributed by atoms with E-state index >= 15 is 0 Å². The maximum absolute atomic E-state index is 7.17. The second kappa shape index (κ2) is 10.4. The van der Waals surface area contributed by atoms with Crippen LogP contribution in [-0.2, 0) is 0 Å². The minimum absolute atomic E-state index is 0. The minimum atomic E-state index is -2.17. The van der Waals surface area contributed by atoms with E-state index in [4.69, 9.17) is 15.1 Å². The molecule has 0 aromatic heterocycles. The average Bonchev–Trinajstić information content (AvgIpc) is 0.811. The Kier molecular flexibility index (Phi) is 27.3. The normalized spacial score (nSPS) is 4.50. The van der Waals surface area contributed by atoms with Crippen LogP contribution in [0.3, 0.4) is 0 Å². The molecule has 0 saturated carbocycles. The van der Waals surface area contributed by atoms with Crippen LogP contribution in [0.1, 0.15) is 0 Å². The fourth-order valence-corrected chi connectivity index (χ4v) is 0. The smallest absolute Gasteiger partial charge is 0 e. The summed E-state index contributed by atoms with van der Waals surface area (Å²) < 4.78 is 0. The monoisotopic (exact) mass is 243 g/mol. The summed E-state index contributed by atoms with van der Waals surface area (Å²) in [5.74, 6) is 0. The maximum Gasteiger partial charge on any atom is 0 e. The Bertz CT molecular complexity index is 15.5. The second-order valence-corrected chi connectivity index (χ2v) is 0.346. The van der Waals surface area contributed by atoms with Crippen LogP contribution in [-0.4, -0.2) is 60.1 Å². The molecule has 0 spiro atoms. The Morgan fingerprint density at radius 1 is 1.00 bits per heavy atom. The molecular formula is H5BCaLaO3. The van der Waals surface area contributed by atoms with Gasteiger partial charge in [0, 0.05) is 35.6 Å². The molecule has 6 heavy (non-hydrogen) atoms. The summed E-state index contributed by atoms with van der Waals surface area (Å²) in [5.41, 5.74) is 0. The van der Waals surface area contributed by atoms with Crippen LogP contribution in [0.2, 0.25) is 0 Å². The van der Waals surface area contributed by atoms with Gasteiger partial charge in [-0.3, -0.25) is 0 Å². The van der Waals surface area contributed by atoms with Crippen LogP contribution in [0, 0.1) is 35.6 Å². The molecule has 0 atom stereocenters. The van der Waals surface area contributed by atoms with Crippen molar-refractivity contribution in [3.05, 3.63) is 0 Å². The topological polar surface area (TPSA) is 60.7 Å². The summed E-state index contributed by atoms with van der Waals surface area (Å²) in [4.78, 5) is 0. The molecule has 0 amide bonds. The van der Waals surface area contributed by atoms with Gasteiger partial charge in [-0.05, 0) is 0 Å². The maximum atomic E-state index is 7.17. The molecular weight excluding hydrogens is 238 g/mol. The van der Waals surface area contributed by atoms with Crippen LogP contribution >= 0.6 is 0 Å². The fourth-order valence-electron chi connectivity index (χ4n) is 0. The average molecular weight is 243 g/mol. The predicted octanol–water partition coefficient (Wildman–Crippen LogP) is -2.97. The van der Waals surface area contributed by atoms with E-state index in [-0.39, 0.29) is 73.3 Å². The molecule has 6 heteroatoms. The van der Waals surface area contributed by atoms with Crippen molar-refractivity contribution in [2.45, 2.75) is 0 Å². The van der Waals surface area contributed by atoms with Gasteiger partial charge in [0.1, 0.15) is 0 Å². The predicted molar refractivity (Wildman–Crippen MR) is 21.0 cm³/mol. The molecule has 31 valence electrons. The molecule has 0 aliphatic rings. The first-order chi connectivity index (χ1) is 1.73. The zero-order valence-corrected chi connectivity index (χ0v) is 6.12. The molecule has 1 radical (unpaired) electrons. The van der Waals surface area contributed by atoms with Crippen molar-refractivity contribution in [1.29, 1.82) is 0 Å². The van der Waals surface area contributed by atoms with Crippen LogP contribution in [0.25, 0.3) is 0 Å². The van der Waals surface area contributed by atoms with Gasteiger partial charge >= 0.3 is 45.1 Å². The number of hydrogen-bond acceptors (Lipinski definition) is 3. The van der Waals surface area contributed by atoms with E-state index in [1.807, 2.05) is 0 Å². The van der Waals surface area contributed by atoms with E-state index in [0.717, 1.165) is 0 Å². The molecule has 0 aliphatic carbocycles. The third kappa shape index (κ3) is 32.4. The van der Waals surface area contributed by atoms with Crippen molar-refractivity contribution in [3.8, 4) is 0 Å². The standard InChI is InChI=1S/BH3O3.Ca.La.2H/c2-1(3)4;;;;/h2-4H;;;;. The Morgan fingerprint density at radius 2 is 1.00 bits per heavy atom. The van der Waals surface area contributed by atoms with Gasteiger partial charge in [-0.15, -0.1) is 0 Å². The quantitative estimate of drug-likeness (QED) is 0.398. The van der Waals surface area contributed by atoms with Crippen molar-refractivity contribution in [2.24, 2.45) is 0 Å². The first kappa shape index (κ1) is 15.8. The minimum Gasteiger partial charge on any atom is 0 e. The molecule has 0 rings (SSSR count). The summed E-state index contributed by atoms with van der Waals surface area (Å²) >= 11 is 0. The molecule has 3 nitrogen and oxygen atoms in total. The van der Waals surface area contributed by atoms with Crippen molar-refractivity contribution in [2.75, 3.05) is 0 Å². The van der Waals surface area contributed by atoms with Crippen molar-refractivity contribution >= 4 is 45.1 Å². The summed E-state index contributed by atoms with van der Waals surface area (Å²) in [6, 6.07) is 0. The second-order valence-electron chi connectivity index (χ2n) is 0.346. The first-order valence-corrected chi connectivity index (χ1v) is 0.775. The summed E-state index contributed by atoms with van der Waals surface area (Å²) in [6.45, 7) is 0. The van der Waals surface area contributed by atoms with E-state index in [1.165, 1.54) is 0 Å². The third-order valence-corrected chi connectivity index (χ3v) is 0. The zero-order valence-electron chi connectivity index (χ0n) is 2.50. The van der Waals surface area contributed by atoms with Crippen LogP contribution in [0.15, 0.2) is 0 Å². The van der Waals surface area contributed by atoms with Gasteiger partial charge in [-0.25, -0.2) is 0 Å². The third-order valence-electron chi connectivity index (χ3n) is 0. The Hall–Kier alpha value is 2.40. The Morgan fingerprint density at radius 3 is 1.00 bits per heavy atom. The Balaban J connectivity index is -0.0000000450. The number of rotatable bonds is 0. The van der Waals surface area contributed by atoms with Gasteiger partial charge < -0.3 is 15.1 Å². The molecule has 0 aromatic rings. The van der Waals surface area contributed by atoms with Crippen molar-refractivity contribution in [1.82, 2.24) is 0 Å².